The van der Waals surface area contributed by atoms with Crippen LogP contribution in [0.25, 0.3) is 0 Å². The summed E-state index contributed by atoms with van der Waals surface area (Å²) in [7, 11) is 3.51. The predicted octanol–water partition coefficient (Wildman–Crippen LogP) is 2.92. The maximum atomic E-state index is 12.5. The Kier molecular flexibility index (Phi) is 5.32. The van der Waals surface area contributed by atoms with Crippen LogP contribution in [-0.4, -0.2) is 43.1 Å². The van der Waals surface area contributed by atoms with Gasteiger partial charge in [0.05, 0.1) is 13.7 Å². The fraction of sp³-hybridized carbons (Fsp3) is 0.636. The first-order chi connectivity index (χ1) is 13.4. The Hall–Kier alpha value is -2.08. The third kappa shape index (κ3) is 4.32. The van der Waals surface area contributed by atoms with Gasteiger partial charge in [-0.25, -0.2) is 4.79 Å². The molecule has 6 nitrogen and oxygen atoms in total. The summed E-state index contributed by atoms with van der Waals surface area (Å²) in [6.07, 6.45) is 7.23. The van der Waals surface area contributed by atoms with Gasteiger partial charge >= 0.3 is 6.03 Å². The van der Waals surface area contributed by atoms with Crippen molar-refractivity contribution in [2.75, 3.05) is 20.7 Å². The molecule has 6 heteroatoms. The zero-order valence-corrected chi connectivity index (χ0v) is 16.9. The average molecular weight is 386 g/mol. The number of carbonyl (C=O) groups is 2. The third-order valence-corrected chi connectivity index (χ3v) is 6.67. The number of likely N-dealkylation sites (N-methyl/N-ethyl adjacent to an activating group) is 1. The molecule has 0 aliphatic heterocycles. The highest BCUT2D eigenvalue weighted by atomic mass is 16.5. The molecular weight excluding hydrogens is 354 g/mol. The summed E-state index contributed by atoms with van der Waals surface area (Å²) in [5.41, 5.74) is 0.985. The molecule has 0 aromatic heterocycles. The van der Waals surface area contributed by atoms with Gasteiger partial charge in [0.2, 0.25) is 5.91 Å². The van der Waals surface area contributed by atoms with Crippen LogP contribution in [0.3, 0.4) is 0 Å². The lowest BCUT2D eigenvalue weighted by Crippen LogP contribution is -2.62. The molecule has 1 aromatic carbocycles. The van der Waals surface area contributed by atoms with E-state index in [1.54, 1.807) is 7.11 Å². The molecule has 0 atom stereocenters. The molecule has 2 N–H and O–H groups in total. The second kappa shape index (κ2) is 7.74. The molecule has 3 amide bonds. The maximum Gasteiger partial charge on any atom is 0.321 e. The van der Waals surface area contributed by atoms with Gasteiger partial charge in [-0.1, -0.05) is 12.1 Å². The van der Waals surface area contributed by atoms with E-state index in [1.807, 2.05) is 36.2 Å². The maximum absolute atomic E-state index is 12.5. The lowest BCUT2D eigenvalue weighted by molar-refractivity contribution is -0.121. The second-order valence-corrected chi connectivity index (χ2v) is 9.22. The van der Waals surface area contributed by atoms with Crippen LogP contribution >= 0.6 is 0 Å². The first kappa shape index (κ1) is 19.2. The predicted molar refractivity (Wildman–Crippen MR) is 107 cm³/mol. The van der Waals surface area contributed by atoms with Crippen molar-refractivity contribution >= 4 is 11.9 Å². The molecule has 5 rings (SSSR count). The first-order valence-electron chi connectivity index (χ1n) is 10.4. The number of ether oxygens (including phenoxy) is 1. The summed E-state index contributed by atoms with van der Waals surface area (Å²) < 4.78 is 5.23. The van der Waals surface area contributed by atoms with Gasteiger partial charge in [-0.05, 0) is 81.0 Å². The molecule has 0 saturated heterocycles. The lowest BCUT2D eigenvalue weighted by Gasteiger charge is -2.56. The molecule has 0 radical (unpaired) electrons. The zero-order valence-electron chi connectivity index (χ0n) is 16.9. The first-order valence-corrected chi connectivity index (χ1v) is 10.4. The van der Waals surface area contributed by atoms with E-state index in [-0.39, 0.29) is 24.0 Å². The van der Waals surface area contributed by atoms with Gasteiger partial charge < -0.3 is 10.1 Å². The number of nitrogens with zero attached hydrogens (tertiary/aromatic N) is 1. The number of nitrogens with one attached hydrogen (secondary N) is 2. The number of amides is 3. The van der Waals surface area contributed by atoms with Crippen molar-refractivity contribution in [3.05, 3.63) is 29.8 Å². The van der Waals surface area contributed by atoms with Gasteiger partial charge in [0, 0.05) is 12.1 Å². The van der Waals surface area contributed by atoms with Crippen molar-refractivity contribution in [1.29, 1.82) is 0 Å². The normalized spacial score (nSPS) is 30.3. The van der Waals surface area contributed by atoms with Gasteiger partial charge in [-0.2, -0.15) is 0 Å². The Morgan fingerprint density at radius 3 is 2.39 bits per heavy atom. The van der Waals surface area contributed by atoms with Crippen LogP contribution in [0.1, 0.15) is 44.1 Å². The van der Waals surface area contributed by atoms with E-state index in [0.717, 1.165) is 48.3 Å². The van der Waals surface area contributed by atoms with Gasteiger partial charge in [0.25, 0.3) is 0 Å². The molecule has 4 aliphatic rings. The number of hydrogen-bond acceptors (Lipinski definition) is 4. The molecular formula is C22H31N3O3. The standard InChI is InChI=1S/C22H31N3O3/c1-25(13-15-4-3-5-19(9-15)28-2)14-20(26)23-21(27)24-22-10-16-6-17(11-22)8-18(7-16)12-22/h3-5,9,16-18H,6-8,10-14H2,1-2H3,(H2,23,24,26,27). The van der Waals surface area contributed by atoms with Crippen molar-refractivity contribution in [3.63, 3.8) is 0 Å². The van der Waals surface area contributed by atoms with Crippen LogP contribution in [0.5, 0.6) is 5.75 Å². The highest BCUT2D eigenvalue weighted by molar-refractivity contribution is 5.95. The molecule has 4 fully saturated rings. The summed E-state index contributed by atoms with van der Waals surface area (Å²) in [5.74, 6) is 2.81. The Morgan fingerprint density at radius 1 is 1.14 bits per heavy atom. The SMILES string of the molecule is COc1cccc(CN(C)CC(=O)NC(=O)NC23CC4CC(CC(C4)C2)C3)c1. The summed E-state index contributed by atoms with van der Waals surface area (Å²) in [6.45, 7) is 0.784. The van der Waals surface area contributed by atoms with Crippen molar-refractivity contribution in [1.82, 2.24) is 15.5 Å². The second-order valence-electron chi connectivity index (χ2n) is 9.22. The topological polar surface area (TPSA) is 70.7 Å². The average Bonchev–Trinajstić information content (AvgIpc) is 2.59. The number of hydrogen-bond donors (Lipinski definition) is 2. The fourth-order valence-electron chi connectivity index (χ4n) is 6.09. The minimum Gasteiger partial charge on any atom is -0.497 e. The van der Waals surface area contributed by atoms with Crippen LogP contribution in [0.4, 0.5) is 4.79 Å². The largest absolute Gasteiger partial charge is 0.497 e. The number of imide groups is 1. The van der Waals surface area contributed by atoms with E-state index in [4.69, 9.17) is 4.74 Å². The molecule has 4 aliphatic carbocycles. The van der Waals surface area contributed by atoms with Crippen LogP contribution in [0, 0.1) is 17.8 Å². The van der Waals surface area contributed by atoms with Crippen LogP contribution in [0.15, 0.2) is 24.3 Å². The summed E-state index contributed by atoms with van der Waals surface area (Å²) >= 11 is 0. The van der Waals surface area contributed by atoms with Crippen molar-refractivity contribution in [2.24, 2.45) is 17.8 Å². The van der Waals surface area contributed by atoms with Crippen LogP contribution in [0.2, 0.25) is 0 Å². The van der Waals surface area contributed by atoms with E-state index >= 15 is 0 Å². The number of urea groups is 1. The molecule has 28 heavy (non-hydrogen) atoms. The Morgan fingerprint density at radius 2 is 1.79 bits per heavy atom. The molecule has 152 valence electrons. The minimum atomic E-state index is -0.332. The molecule has 0 spiro atoms. The van der Waals surface area contributed by atoms with Gasteiger partial charge in [-0.15, -0.1) is 0 Å². The Balaban J connectivity index is 1.26. The van der Waals surface area contributed by atoms with Gasteiger partial charge in [0.15, 0.2) is 0 Å². The quantitative estimate of drug-likeness (QED) is 0.790. The minimum absolute atomic E-state index is 0.0778. The highest BCUT2D eigenvalue weighted by Crippen LogP contribution is 2.55. The van der Waals surface area contributed by atoms with E-state index in [0.29, 0.717) is 6.54 Å². The van der Waals surface area contributed by atoms with Crippen molar-refractivity contribution in [2.45, 2.75) is 50.6 Å². The Bertz CT molecular complexity index is 713. The number of carbonyl (C=O) groups excluding carboxylic acids is 2. The number of benzene rings is 1. The monoisotopic (exact) mass is 385 g/mol. The van der Waals surface area contributed by atoms with Crippen molar-refractivity contribution < 1.29 is 14.3 Å². The molecule has 4 bridgehead atoms. The van der Waals surface area contributed by atoms with E-state index in [1.165, 1.54) is 19.3 Å². The van der Waals surface area contributed by atoms with Crippen molar-refractivity contribution in [3.8, 4) is 5.75 Å². The third-order valence-electron chi connectivity index (χ3n) is 6.67. The lowest BCUT2D eigenvalue weighted by atomic mass is 9.53. The summed E-state index contributed by atoms with van der Waals surface area (Å²) in [4.78, 5) is 26.7. The number of rotatable bonds is 6. The molecule has 0 unspecified atom stereocenters. The van der Waals surface area contributed by atoms with Crippen LogP contribution in [-0.2, 0) is 11.3 Å². The highest BCUT2D eigenvalue weighted by Gasteiger charge is 2.51. The molecule has 0 heterocycles. The van der Waals surface area contributed by atoms with Crippen LogP contribution < -0.4 is 15.4 Å². The molecule has 4 saturated carbocycles. The zero-order chi connectivity index (χ0) is 19.7. The smallest absolute Gasteiger partial charge is 0.321 e. The number of methoxy groups -OCH3 is 1. The molecule has 1 aromatic rings. The summed E-state index contributed by atoms with van der Waals surface area (Å²) in [5, 5.41) is 5.73. The van der Waals surface area contributed by atoms with E-state index in [9.17, 15) is 9.59 Å². The van der Waals surface area contributed by atoms with E-state index < -0.39 is 0 Å². The summed E-state index contributed by atoms with van der Waals surface area (Å²) in [6, 6.07) is 7.44. The van der Waals surface area contributed by atoms with E-state index in [2.05, 4.69) is 10.6 Å². The fourth-order valence-corrected chi connectivity index (χ4v) is 6.09. The van der Waals surface area contributed by atoms with Gasteiger partial charge in [-0.3, -0.25) is 15.0 Å². The Labute approximate surface area is 167 Å². The van der Waals surface area contributed by atoms with Gasteiger partial charge in [0.1, 0.15) is 5.75 Å².